The molecule has 3 rings (SSSR count). The van der Waals surface area contributed by atoms with Crippen LogP contribution >= 0.6 is 11.3 Å². The maximum absolute atomic E-state index is 11.9. The molecule has 0 bridgehead atoms. The van der Waals surface area contributed by atoms with E-state index in [1.165, 1.54) is 24.2 Å². The highest BCUT2D eigenvalue weighted by Gasteiger charge is 2.32. The second-order valence-corrected chi connectivity index (χ2v) is 6.06. The Morgan fingerprint density at radius 2 is 2.22 bits per heavy atom. The maximum Gasteiger partial charge on any atom is 0.350 e. The highest BCUT2D eigenvalue weighted by atomic mass is 32.1. The summed E-state index contributed by atoms with van der Waals surface area (Å²) >= 11 is 1.50. The van der Waals surface area contributed by atoms with Crippen LogP contribution in [0.5, 0.6) is 0 Å². The molecule has 0 unspecified atom stereocenters. The lowest BCUT2D eigenvalue weighted by Crippen LogP contribution is -2.14. The number of thiazole rings is 1. The molecule has 0 saturated heterocycles. The van der Waals surface area contributed by atoms with Gasteiger partial charge in [0.1, 0.15) is 9.88 Å². The molecule has 2 saturated carbocycles. The molecule has 5 heteroatoms. The van der Waals surface area contributed by atoms with Gasteiger partial charge in [0.05, 0.1) is 12.3 Å². The molecular weight excluding hydrogens is 248 g/mol. The van der Waals surface area contributed by atoms with Crippen LogP contribution in [0.2, 0.25) is 0 Å². The number of carbonyl (C=O) groups is 1. The number of nitrogens with zero attached hydrogens (tertiary/aromatic N) is 1. The molecule has 2 aliphatic carbocycles. The number of aromatic nitrogens is 1. The van der Waals surface area contributed by atoms with Gasteiger partial charge in [-0.2, -0.15) is 0 Å². The number of carbonyl (C=O) groups excluding carboxylic acids is 1. The van der Waals surface area contributed by atoms with Crippen LogP contribution in [0.4, 0.5) is 0 Å². The van der Waals surface area contributed by atoms with Crippen LogP contribution in [0, 0.1) is 0 Å². The Kier molecular flexibility index (Phi) is 3.35. The normalized spacial score (nSPS) is 18.9. The molecule has 0 atom stereocenters. The second-order valence-electron chi connectivity index (χ2n) is 4.97. The summed E-state index contributed by atoms with van der Waals surface area (Å²) in [5, 5.41) is 4.46. The van der Waals surface area contributed by atoms with Gasteiger partial charge in [-0.15, -0.1) is 11.3 Å². The second kappa shape index (κ2) is 4.97. The third-order valence-electron chi connectivity index (χ3n) is 3.24. The number of hydrogen-bond acceptors (Lipinski definition) is 5. The van der Waals surface area contributed by atoms with E-state index in [1.54, 1.807) is 0 Å². The summed E-state index contributed by atoms with van der Waals surface area (Å²) in [4.78, 5) is 17.2. The molecule has 0 aliphatic heterocycles. The SMILES string of the molecule is CCOC(=O)c1sc(CNC2CC2)nc1C1CC1. The van der Waals surface area contributed by atoms with Crippen molar-refractivity contribution in [3.05, 3.63) is 15.6 Å². The van der Waals surface area contributed by atoms with Crippen molar-refractivity contribution in [1.82, 2.24) is 10.3 Å². The van der Waals surface area contributed by atoms with E-state index in [0.29, 0.717) is 18.6 Å². The van der Waals surface area contributed by atoms with E-state index < -0.39 is 0 Å². The molecule has 2 aliphatic rings. The van der Waals surface area contributed by atoms with Crippen LogP contribution in [-0.4, -0.2) is 23.6 Å². The average molecular weight is 266 g/mol. The zero-order valence-corrected chi connectivity index (χ0v) is 11.4. The van der Waals surface area contributed by atoms with Crippen LogP contribution < -0.4 is 5.32 Å². The molecule has 1 N–H and O–H groups in total. The number of ether oxygens (including phenoxy) is 1. The van der Waals surface area contributed by atoms with Crippen molar-refractivity contribution in [2.75, 3.05) is 6.61 Å². The fourth-order valence-corrected chi connectivity index (χ4v) is 2.94. The smallest absolute Gasteiger partial charge is 0.350 e. The minimum Gasteiger partial charge on any atom is -0.462 e. The van der Waals surface area contributed by atoms with E-state index in [-0.39, 0.29) is 5.97 Å². The minimum absolute atomic E-state index is 0.199. The van der Waals surface area contributed by atoms with Crippen molar-refractivity contribution in [3.8, 4) is 0 Å². The molecule has 2 fully saturated rings. The molecule has 4 nitrogen and oxygen atoms in total. The molecule has 0 amide bonds. The summed E-state index contributed by atoms with van der Waals surface area (Å²) < 4.78 is 5.11. The first-order chi connectivity index (χ1) is 8.78. The number of rotatable bonds is 6. The zero-order chi connectivity index (χ0) is 12.5. The summed E-state index contributed by atoms with van der Waals surface area (Å²) in [7, 11) is 0. The maximum atomic E-state index is 11.9. The third kappa shape index (κ3) is 2.72. The van der Waals surface area contributed by atoms with E-state index in [0.717, 1.165) is 35.0 Å². The molecule has 0 radical (unpaired) electrons. The van der Waals surface area contributed by atoms with Gasteiger partial charge in [0, 0.05) is 18.5 Å². The lowest BCUT2D eigenvalue weighted by Gasteiger charge is -1.99. The van der Waals surface area contributed by atoms with Gasteiger partial charge in [0.15, 0.2) is 0 Å². The Morgan fingerprint density at radius 1 is 1.44 bits per heavy atom. The van der Waals surface area contributed by atoms with E-state index >= 15 is 0 Å². The van der Waals surface area contributed by atoms with E-state index in [2.05, 4.69) is 10.3 Å². The third-order valence-corrected chi connectivity index (χ3v) is 4.29. The molecule has 18 heavy (non-hydrogen) atoms. The summed E-state index contributed by atoms with van der Waals surface area (Å²) in [5.41, 5.74) is 0.978. The van der Waals surface area contributed by atoms with Crippen molar-refractivity contribution < 1.29 is 9.53 Å². The Morgan fingerprint density at radius 3 is 2.83 bits per heavy atom. The van der Waals surface area contributed by atoms with Gasteiger partial charge in [-0.05, 0) is 32.6 Å². The monoisotopic (exact) mass is 266 g/mol. The number of esters is 1. The molecule has 0 aromatic carbocycles. The van der Waals surface area contributed by atoms with Crippen molar-refractivity contribution in [1.29, 1.82) is 0 Å². The average Bonchev–Trinajstić information content (AvgIpc) is 3.26. The fourth-order valence-electron chi connectivity index (χ4n) is 1.95. The largest absolute Gasteiger partial charge is 0.462 e. The Bertz CT molecular complexity index is 450. The van der Waals surface area contributed by atoms with Crippen molar-refractivity contribution in [2.45, 2.75) is 51.1 Å². The lowest BCUT2D eigenvalue weighted by molar-refractivity contribution is 0.0530. The van der Waals surface area contributed by atoms with Gasteiger partial charge in [-0.3, -0.25) is 0 Å². The highest BCUT2D eigenvalue weighted by Crippen LogP contribution is 2.42. The molecule has 1 aromatic rings. The van der Waals surface area contributed by atoms with Crippen LogP contribution in [0.15, 0.2) is 0 Å². The predicted octanol–water partition coefficient (Wildman–Crippen LogP) is 2.45. The van der Waals surface area contributed by atoms with Gasteiger partial charge in [0.25, 0.3) is 0 Å². The van der Waals surface area contributed by atoms with Gasteiger partial charge < -0.3 is 10.1 Å². The molecule has 0 spiro atoms. The summed E-state index contributed by atoms with van der Waals surface area (Å²) in [5.74, 6) is 0.296. The van der Waals surface area contributed by atoms with E-state index in [1.807, 2.05) is 6.92 Å². The molecule has 1 heterocycles. The van der Waals surface area contributed by atoms with Gasteiger partial charge >= 0.3 is 5.97 Å². The highest BCUT2D eigenvalue weighted by molar-refractivity contribution is 7.13. The molecule has 1 aromatic heterocycles. The standard InChI is InChI=1S/C13H18N2O2S/c1-2-17-13(16)12-11(8-3-4-8)15-10(18-12)7-14-9-5-6-9/h8-9,14H,2-7H2,1H3. The molecule has 98 valence electrons. The van der Waals surface area contributed by atoms with Gasteiger partial charge in [-0.1, -0.05) is 0 Å². The Hall–Kier alpha value is -0.940. The lowest BCUT2D eigenvalue weighted by atomic mass is 10.2. The van der Waals surface area contributed by atoms with Crippen molar-refractivity contribution in [2.24, 2.45) is 0 Å². The molecular formula is C13H18N2O2S. The number of hydrogen-bond donors (Lipinski definition) is 1. The zero-order valence-electron chi connectivity index (χ0n) is 10.6. The van der Waals surface area contributed by atoms with Crippen molar-refractivity contribution in [3.63, 3.8) is 0 Å². The van der Waals surface area contributed by atoms with E-state index in [4.69, 9.17) is 4.74 Å². The first-order valence-corrected chi connectivity index (χ1v) is 7.49. The summed E-state index contributed by atoms with van der Waals surface area (Å²) in [6.45, 7) is 3.05. The van der Waals surface area contributed by atoms with Crippen LogP contribution in [0.3, 0.4) is 0 Å². The first-order valence-electron chi connectivity index (χ1n) is 6.68. The topological polar surface area (TPSA) is 51.2 Å². The predicted molar refractivity (Wildman–Crippen MR) is 69.9 cm³/mol. The summed E-state index contributed by atoms with van der Waals surface area (Å²) in [6, 6.07) is 0.671. The van der Waals surface area contributed by atoms with Crippen LogP contribution in [-0.2, 0) is 11.3 Å². The minimum atomic E-state index is -0.199. The van der Waals surface area contributed by atoms with Gasteiger partial charge in [0.2, 0.25) is 0 Å². The number of nitrogens with one attached hydrogen (secondary N) is 1. The van der Waals surface area contributed by atoms with Crippen molar-refractivity contribution >= 4 is 17.3 Å². The van der Waals surface area contributed by atoms with Crippen LogP contribution in [0.25, 0.3) is 0 Å². The summed E-state index contributed by atoms with van der Waals surface area (Å²) in [6.07, 6.45) is 4.86. The van der Waals surface area contributed by atoms with Crippen LogP contribution in [0.1, 0.15) is 58.9 Å². The Balaban J connectivity index is 1.74. The quantitative estimate of drug-likeness (QED) is 0.804. The van der Waals surface area contributed by atoms with E-state index in [9.17, 15) is 4.79 Å². The Labute approximate surface area is 111 Å². The first kappa shape index (κ1) is 12.1. The van der Waals surface area contributed by atoms with Gasteiger partial charge in [-0.25, -0.2) is 9.78 Å². The fraction of sp³-hybridized carbons (Fsp3) is 0.692.